The fraction of sp³-hybridized carbons (Fsp3) is 0.300. The second kappa shape index (κ2) is 3.80. The molecule has 1 aliphatic heterocycles. The summed E-state index contributed by atoms with van der Waals surface area (Å²) in [5, 5.41) is 13.2. The summed E-state index contributed by atoms with van der Waals surface area (Å²) in [4.78, 5) is 23.1. The number of amides is 2. The van der Waals surface area contributed by atoms with Gasteiger partial charge in [-0.15, -0.1) is 0 Å². The van der Waals surface area contributed by atoms with E-state index in [1.54, 1.807) is 17.9 Å². The molecule has 1 heterocycles. The second-order valence-corrected chi connectivity index (χ2v) is 3.61. The van der Waals surface area contributed by atoms with Crippen LogP contribution in [0.15, 0.2) is 18.2 Å². The monoisotopic (exact) mass is 221 g/mol. The van der Waals surface area contributed by atoms with Gasteiger partial charge in [0.05, 0.1) is 4.92 Å². The zero-order valence-corrected chi connectivity index (χ0v) is 8.77. The standard InChI is InChI=1S/C10H11N3O3/c1-7-6-8(13(15)16)2-3-9(7)12-5-4-11-10(12)14/h2-3,6H,4-5H2,1H3,(H,11,14). The first kappa shape index (κ1) is 10.4. The molecule has 1 aromatic carbocycles. The topological polar surface area (TPSA) is 75.5 Å². The predicted octanol–water partition coefficient (Wildman–Crippen LogP) is 1.43. The highest BCUT2D eigenvalue weighted by atomic mass is 16.6. The average molecular weight is 221 g/mol. The lowest BCUT2D eigenvalue weighted by atomic mass is 10.1. The Morgan fingerprint density at radius 1 is 1.50 bits per heavy atom. The number of hydrogen-bond acceptors (Lipinski definition) is 3. The van der Waals surface area contributed by atoms with Crippen LogP contribution in [0.4, 0.5) is 16.2 Å². The summed E-state index contributed by atoms with van der Waals surface area (Å²) in [6, 6.07) is 4.34. The number of non-ortho nitro benzene ring substituents is 1. The van der Waals surface area contributed by atoms with Crippen molar-refractivity contribution < 1.29 is 9.72 Å². The number of urea groups is 1. The van der Waals surface area contributed by atoms with Gasteiger partial charge in [0.25, 0.3) is 5.69 Å². The van der Waals surface area contributed by atoms with Gasteiger partial charge in [-0.3, -0.25) is 15.0 Å². The van der Waals surface area contributed by atoms with Gasteiger partial charge in [-0.05, 0) is 18.6 Å². The molecule has 0 radical (unpaired) electrons. The lowest BCUT2D eigenvalue weighted by Gasteiger charge is -2.16. The first-order valence-electron chi connectivity index (χ1n) is 4.90. The first-order chi connectivity index (χ1) is 7.59. The van der Waals surface area contributed by atoms with Gasteiger partial charge in [-0.25, -0.2) is 4.79 Å². The van der Waals surface area contributed by atoms with Gasteiger partial charge in [-0.1, -0.05) is 0 Å². The van der Waals surface area contributed by atoms with Gasteiger partial charge < -0.3 is 5.32 Å². The highest BCUT2D eigenvalue weighted by Gasteiger charge is 2.23. The summed E-state index contributed by atoms with van der Waals surface area (Å²) in [6.07, 6.45) is 0. The van der Waals surface area contributed by atoms with Gasteiger partial charge in [0.15, 0.2) is 0 Å². The SMILES string of the molecule is Cc1cc([N+](=O)[O-])ccc1N1CCNC1=O. The molecule has 1 aromatic rings. The zero-order valence-electron chi connectivity index (χ0n) is 8.77. The van der Waals surface area contributed by atoms with Crippen LogP contribution in [0.1, 0.15) is 5.56 Å². The van der Waals surface area contributed by atoms with Crippen LogP contribution in [0, 0.1) is 17.0 Å². The van der Waals surface area contributed by atoms with Crippen LogP contribution in [0.3, 0.4) is 0 Å². The van der Waals surface area contributed by atoms with E-state index in [-0.39, 0.29) is 11.7 Å². The average Bonchev–Trinajstić information content (AvgIpc) is 2.64. The number of rotatable bonds is 2. The highest BCUT2D eigenvalue weighted by molar-refractivity contribution is 5.94. The molecule has 6 heteroatoms. The molecule has 2 amide bonds. The molecule has 2 rings (SSSR count). The molecule has 6 nitrogen and oxygen atoms in total. The Kier molecular flexibility index (Phi) is 2.47. The van der Waals surface area contributed by atoms with Crippen molar-refractivity contribution in [3.63, 3.8) is 0 Å². The third-order valence-corrected chi connectivity index (χ3v) is 2.54. The van der Waals surface area contributed by atoms with E-state index in [1.807, 2.05) is 0 Å². The largest absolute Gasteiger partial charge is 0.336 e. The minimum atomic E-state index is -0.444. The van der Waals surface area contributed by atoms with Crippen molar-refractivity contribution in [2.45, 2.75) is 6.92 Å². The molecular weight excluding hydrogens is 210 g/mol. The van der Waals surface area contributed by atoms with Crippen molar-refractivity contribution in [3.05, 3.63) is 33.9 Å². The predicted molar refractivity (Wildman–Crippen MR) is 58.6 cm³/mol. The molecule has 0 saturated carbocycles. The summed E-state index contributed by atoms with van der Waals surface area (Å²) in [5.41, 5.74) is 1.49. The molecule has 0 spiro atoms. The number of anilines is 1. The summed E-state index contributed by atoms with van der Waals surface area (Å²) >= 11 is 0. The van der Waals surface area contributed by atoms with Gasteiger partial charge in [0.1, 0.15) is 0 Å². The number of carbonyl (C=O) groups excluding carboxylic acids is 1. The molecule has 1 saturated heterocycles. The van der Waals surface area contributed by atoms with Crippen LogP contribution in [-0.4, -0.2) is 24.0 Å². The fourth-order valence-electron chi connectivity index (χ4n) is 1.76. The Labute approximate surface area is 92.0 Å². The molecule has 1 fully saturated rings. The molecule has 0 unspecified atom stereocenters. The van der Waals surface area contributed by atoms with Crippen molar-refractivity contribution >= 4 is 17.4 Å². The van der Waals surface area contributed by atoms with E-state index >= 15 is 0 Å². The molecule has 84 valence electrons. The Morgan fingerprint density at radius 3 is 2.75 bits per heavy atom. The lowest BCUT2D eigenvalue weighted by Crippen LogP contribution is -2.28. The minimum Gasteiger partial charge on any atom is -0.336 e. The Hall–Kier alpha value is -2.11. The molecule has 1 aliphatic rings. The van der Waals surface area contributed by atoms with Crippen LogP contribution >= 0.6 is 0 Å². The number of nitrogens with one attached hydrogen (secondary N) is 1. The van der Waals surface area contributed by atoms with E-state index < -0.39 is 4.92 Å². The number of carbonyl (C=O) groups is 1. The van der Waals surface area contributed by atoms with Crippen molar-refractivity contribution in [2.75, 3.05) is 18.0 Å². The Morgan fingerprint density at radius 2 is 2.25 bits per heavy atom. The second-order valence-electron chi connectivity index (χ2n) is 3.61. The zero-order chi connectivity index (χ0) is 11.7. The molecule has 0 aromatic heterocycles. The van der Waals surface area contributed by atoms with E-state index in [0.717, 1.165) is 11.3 Å². The summed E-state index contributed by atoms with van der Waals surface area (Å²) in [5.74, 6) is 0. The number of nitrogens with zero attached hydrogens (tertiary/aromatic N) is 2. The van der Waals surface area contributed by atoms with Gasteiger partial charge in [-0.2, -0.15) is 0 Å². The van der Waals surface area contributed by atoms with Crippen molar-refractivity contribution in [3.8, 4) is 0 Å². The minimum absolute atomic E-state index is 0.0425. The number of nitro groups is 1. The molecule has 16 heavy (non-hydrogen) atoms. The van der Waals surface area contributed by atoms with Crippen LogP contribution in [-0.2, 0) is 0 Å². The maximum absolute atomic E-state index is 11.4. The summed E-state index contributed by atoms with van der Waals surface area (Å²) < 4.78 is 0. The van der Waals surface area contributed by atoms with E-state index in [0.29, 0.717) is 13.1 Å². The number of nitro benzene ring substituents is 1. The quantitative estimate of drug-likeness (QED) is 0.606. The van der Waals surface area contributed by atoms with Crippen molar-refractivity contribution in [1.29, 1.82) is 0 Å². The Balaban J connectivity index is 2.36. The lowest BCUT2D eigenvalue weighted by molar-refractivity contribution is -0.384. The van der Waals surface area contributed by atoms with Crippen LogP contribution in [0.2, 0.25) is 0 Å². The van der Waals surface area contributed by atoms with Crippen molar-refractivity contribution in [2.24, 2.45) is 0 Å². The van der Waals surface area contributed by atoms with Crippen LogP contribution in [0.25, 0.3) is 0 Å². The maximum Gasteiger partial charge on any atom is 0.322 e. The fourth-order valence-corrected chi connectivity index (χ4v) is 1.76. The van der Waals surface area contributed by atoms with Gasteiger partial charge in [0.2, 0.25) is 0 Å². The molecular formula is C10H11N3O3. The van der Waals surface area contributed by atoms with E-state index in [4.69, 9.17) is 0 Å². The first-order valence-corrected chi connectivity index (χ1v) is 4.90. The molecule has 1 N–H and O–H groups in total. The maximum atomic E-state index is 11.4. The molecule has 0 atom stereocenters. The van der Waals surface area contributed by atoms with Gasteiger partial charge >= 0.3 is 6.03 Å². The molecule has 0 bridgehead atoms. The highest BCUT2D eigenvalue weighted by Crippen LogP contribution is 2.25. The number of hydrogen-bond donors (Lipinski definition) is 1. The smallest absolute Gasteiger partial charge is 0.322 e. The third-order valence-electron chi connectivity index (χ3n) is 2.54. The summed E-state index contributed by atoms with van der Waals surface area (Å²) in [6.45, 7) is 2.96. The van der Waals surface area contributed by atoms with Crippen LogP contribution < -0.4 is 10.2 Å². The summed E-state index contributed by atoms with van der Waals surface area (Å²) in [7, 11) is 0. The van der Waals surface area contributed by atoms with Crippen molar-refractivity contribution in [1.82, 2.24) is 5.32 Å². The van der Waals surface area contributed by atoms with E-state index in [9.17, 15) is 14.9 Å². The normalized spacial score (nSPS) is 15.1. The van der Waals surface area contributed by atoms with Crippen LogP contribution in [0.5, 0.6) is 0 Å². The van der Waals surface area contributed by atoms with E-state index in [2.05, 4.69) is 5.32 Å². The van der Waals surface area contributed by atoms with Gasteiger partial charge in [0, 0.05) is 30.9 Å². The molecule has 0 aliphatic carbocycles. The number of benzene rings is 1. The third kappa shape index (κ3) is 1.69. The van der Waals surface area contributed by atoms with E-state index in [1.165, 1.54) is 12.1 Å². The number of aryl methyl sites for hydroxylation is 1. The Bertz CT molecular complexity index is 459.